The summed E-state index contributed by atoms with van der Waals surface area (Å²) >= 11 is 3.30. The van der Waals surface area contributed by atoms with Gasteiger partial charge < -0.3 is 9.47 Å². The zero-order valence-electron chi connectivity index (χ0n) is 8.94. The van der Waals surface area contributed by atoms with E-state index in [4.69, 9.17) is 9.47 Å². The first kappa shape index (κ1) is 11.6. The second-order valence-electron chi connectivity index (χ2n) is 3.26. The molecule has 0 spiro atoms. The molecule has 1 N–H and O–H groups in total. The summed E-state index contributed by atoms with van der Waals surface area (Å²) in [5.74, 6) is 1.05. The molecule has 0 radical (unpaired) electrons. The van der Waals surface area contributed by atoms with E-state index in [1.165, 1.54) is 0 Å². The minimum atomic E-state index is 0.519. The third kappa shape index (κ3) is 2.81. The van der Waals surface area contributed by atoms with Gasteiger partial charge in [0.05, 0.1) is 31.0 Å². The predicted octanol–water partition coefficient (Wildman–Crippen LogP) is 0.907. The van der Waals surface area contributed by atoms with Gasteiger partial charge in [0, 0.05) is 13.1 Å². The average Bonchev–Trinajstić information content (AvgIpc) is 2.33. The van der Waals surface area contributed by atoms with Crippen molar-refractivity contribution in [2.45, 2.75) is 0 Å². The van der Waals surface area contributed by atoms with Crippen LogP contribution in [0.25, 0.3) is 0 Å². The third-order valence-corrected chi connectivity index (χ3v) is 2.72. The van der Waals surface area contributed by atoms with Crippen molar-refractivity contribution in [2.24, 2.45) is 0 Å². The predicted molar refractivity (Wildman–Crippen MR) is 62.3 cm³/mol. The summed E-state index contributed by atoms with van der Waals surface area (Å²) in [7, 11) is 1.58. The molecule has 16 heavy (non-hydrogen) atoms. The average molecular weight is 289 g/mol. The lowest BCUT2D eigenvalue weighted by Gasteiger charge is -2.26. The Morgan fingerprint density at radius 3 is 2.94 bits per heavy atom. The Balaban J connectivity index is 2.03. The van der Waals surface area contributed by atoms with E-state index in [2.05, 4.69) is 31.3 Å². The number of aromatic nitrogens is 2. The third-order valence-electron chi connectivity index (χ3n) is 2.17. The fourth-order valence-corrected chi connectivity index (χ4v) is 1.72. The van der Waals surface area contributed by atoms with Gasteiger partial charge in [0.15, 0.2) is 0 Å². The van der Waals surface area contributed by atoms with Crippen molar-refractivity contribution in [1.29, 1.82) is 0 Å². The Bertz CT molecular complexity index is 357. The van der Waals surface area contributed by atoms with Crippen molar-refractivity contribution in [1.82, 2.24) is 15.0 Å². The molecule has 0 amide bonds. The van der Waals surface area contributed by atoms with Gasteiger partial charge in [-0.15, -0.1) is 0 Å². The van der Waals surface area contributed by atoms with E-state index in [9.17, 15) is 0 Å². The maximum absolute atomic E-state index is 5.25. The summed E-state index contributed by atoms with van der Waals surface area (Å²) in [6.45, 7) is 3.09. The van der Waals surface area contributed by atoms with Gasteiger partial charge in [0.1, 0.15) is 0 Å². The standard InChI is InChI=1S/C9H13BrN4O2/c1-15-8-7(10)6-11-9(12-8)13-14-2-4-16-5-3-14/h6H,2-5H2,1H3,(H,11,12,13). The molecule has 6 nitrogen and oxygen atoms in total. The molecule has 0 bridgehead atoms. The summed E-state index contributed by atoms with van der Waals surface area (Å²) in [4.78, 5) is 8.36. The van der Waals surface area contributed by atoms with Gasteiger partial charge in [-0.05, 0) is 15.9 Å². The monoisotopic (exact) mass is 288 g/mol. The maximum atomic E-state index is 5.25. The van der Waals surface area contributed by atoms with Crippen molar-refractivity contribution in [3.8, 4) is 5.88 Å². The van der Waals surface area contributed by atoms with Crippen molar-refractivity contribution in [3.05, 3.63) is 10.7 Å². The summed E-state index contributed by atoms with van der Waals surface area (Å²) in [6.07, 6.45) is 1.66. The molecule has 0 unspecified atom stereocenters. The minimum absolute atomic E-state index is 0.519. The Kier molecular flexibility index (Phi) is 3.92. The maximum Gasteiger partial charge on any atom is 0.240 e. The highest BCUT2D eigenvalue weighted by Crippen LogP contribution is 2.21. The summed E-state index contributed by atoms with van der Waals surface area (Å²) in [6, 6.07) is 0. The summed E-state index contributed by atoms with van der Waals surface area (Å²) < 4.78 is 11.1. The zero-order valence-corrected chi connectivity index (χ0v) is 10.5. The van der Waals surface area contributed by atoms with E-state index in [0.717, 1.165) is 30.8 Å². The fourth-order valence-electron chi connectivity index (χ4n) is 1.37. The van der Waals surface area contributed by atoms with Crippen molar-refractivity contribution in [3.63, 3.8) is 0 Å². The van der Waals surface area contributed by atoms with Gasteiger partial charge in [-0.2, -0.15) is 4.98 Å². The lowest BCUT2D eigenvalue weighted by atomic mass is 10.5. The van der Waals surface area contributed by atoms with E-state index < -0.39 is 0 Å². The molecule has 0 saturated carbocycles. The van der Waals surface area contributed by atoms with Crippen LogP contribution in [0.5, 0.6) is 5.88 Å². The van der Waals surface area contributed by atoms with E-state index in [-0.39, 0.29) is 0 Å². The molecule has 1 aromatic rings. The van der Waals surface area contributed by atoms with Crippen molar-refractivity contribution in [2.75, 3.05) is 38.8 Å². The van der Waals surface area contributed by atoms with Gasteiger partial charge in [0.2, 0.25) is 11.8 Å². The fraction of sp³-hybridized carbons (Fsp3) is 0.556. The Labute approximate surface area is 102 Å². The van der Waals surface area contributed by atoms with Crippen LogP contribution in [0.3, 0.4) is 0 Å². The van der Waals surface area contributed by atoms with E-state index in [0.29, 0.717) is 11.8 Å². The molecule has 0 aromatic carbocycles. The highest BCUT2D eigenvalue weighted by atomic mass is 79.9. The summed E-state index contributed by atoms with van der Waals surface area (Å²) in [5, 5.41) is 2.02. The van der Waals surface area contributed by atoms with Crippen LogP contribution in [0.15, 0.2) is 10.7 Å². The molecule has 1 aliphatic heterocycles. The molecular formula is C9H13BrN4O2. The molecule has 7 heteroatoms. The number of hydrogen-bond donors (Lipinski definition) is 1. The smallest absolute Gasteiger partial charge is 0.240 e. The summed E-state index contributed by atoms with van der Waals surface area (Å²) in [5.41, 5.74) is 3.11. The number of hydrazine groups is 1. The minimum Gasteiger partial charge on any atom is -0.480 e. The lowest BCUT2D eigenvalue weighted by molar-refractivity contribution is 0.0492. The molecule has 2 heterocycles. The largest absolute Gasteiger partial charge is 0.480 e. The van der Waals surface area contributed by atoms with Gasteiger partial charge in [-0.1, -0.05) is 0 Å². The molecular weight excluding hydrogens is 276 g/mol. The number of nitrogens with one attached hydrogen (secondary N) is 1. The van der Waals surface area contributed by atoms with Gasteiger partial charge in [-0.3, -0.25) is 5.43 Å². The molecule has 2 rings (SSSR count). The lowest BCUT2D eigenvalue weighted by Crippen LogP contribution is -2.40. The van der Waals surface area contributed by atoms with Crippen LogP contribution in [-0.4, -0.2) is 48.4 Å². The topological polar surface area (TPSA) is 59.5 Å². The molecule has 1 aliphatic rings. The van der Waals surface area contributed by atoms with Crippen LogP contribution in [0.4, 0.5) is 5.95 Å². The highest BCUT2D eigenvalue weighted by molar-refractivity contribution is 9.10. The number of hydrogen-bond acceptors (Lipinski definition) is 6. The van der Waals surface area contributed by atoms with Gasteiger partial charge in [0.25, 0.3) is 0 Å². The van der Waals surface area contributed by atoms with Crippen molar-refractivity contribution < 1.29 is 9.47 Å². The molecule has 0 aliphatic carbocycles. The van der Waals surface area contributed by atoms with Crippen LogP contribution in [0.1, 0.15) is 0 Å². The molecule has 1 fully saturated rings. The first-order valence-corrected chi connectivity index (χ1v) is 5.75. The highest BCUT2D eigenvalue weighted by Gasteiger charge is 2.12. The van der Waals surface area contributed by atoms with Crippen LogP contribution in [0.2, 0.25) is 0 Å². The Hall–Kier alpha value is -0.920. The number of halogens is 1. The normalized spacial score (nSPS) is 17.1. The molecule has 0 atom stereocenters. The number of nitrogens with zero attached hydrogens (tertiary/aromatic N) is 3. The van der Waals surface area contributed by atoms with Gasteiger partial charge >= 0.3 is 0 Å². The molecule has 1 aromatic heterocycles. The Morgan fingerprint density at radius 2 is 2.25 bits per heavy atom. The first-order valence-electron chi connectivity index (χ1n) is 4.95. The number of rotatable bonds is 3. The van der Waals surface area contributed by atoms with Gasteiger partial charge in [-0.25, -0.2) is 9.99 Å². The van der Waals surface area contributed by atoms with E-state index in [1.54, 1.807) is 13.3 Å². The zero-order chi connectivity index (χ0) is 11.4. The quantitative estimate of drug-likeness (QED) is 0.892. The second kappa shape index (κ2) is 5.42. The van der Waals surface area contributed by atoms with Crippen LogP contribution in [-0.2, 0) is 4.74 Å². The van der Waals surface area contributed by atoms with Crippen LogP contribution in [0, 0.1) is 0 Å². The number of ether oxygens (including phenoxy) is 2. The second-order valence-corrected chi connectivity index (χ2v) is 4.12. The van der Waals surface area contributed by atoms with E-state index >= 15 is 0 Å². The SMILES string of the molecule is COc1nc(NN2CCOCC2)ncc1Br. The van der Waals surface area contributed by atoms with Crippen molar-refractivity contribution >= 4 is 21.9 Å². The van der Waals surface area contributed by atoms with E-state index in [1.807, 2.05) is 5.01 Å². The Morgan fingerprint density at radius 1 is 1.50 bits per heavy atom. The first-order chi connectivity index (χ1) is 7.79. The molecule has 88 valence electrons. The number of methoxy groups -OCH3 is 1. The number of morpholine rings is 1. The molecule has 1 saturated heterocycles. The number of anilines is 1. The van der Waals surface area contributed by atoms with Crippen LogP contribution < -0.4 is 10.2 Å². The van der Waals surface area contributed by atoms with Crippen LogP contribution >= 0.6 is 15.9 Å².